The summed E-state index contributed by atoms with van der Waals surface area (Å²) >= 11 is 0. The van der Waals surface area contributed by atoms with Gasteiger partial charge in [-0.25, -0.2) is 0 Å². The van der Waals surface area contributed by atoms with Crippen molar-refractivity contribution in [3.63, 3.8) is 0 Å². The van der Waals surface area contributed by atoms with E-state index in [1.54, 1.807) is 0 Å². The molecule has 0 aromatic heterocycles. The molecule has 0 unspecified atom stereocenters. The zero-order valence-electron chi connectivity index (χ0n) is 14.0. The van der Waals surface area contributed by atoms with Crippen LogP contribution in [0.2, 0.25) is 0 Å². The lowest BCUT2D eigenvalue weighted by Crippen LogP contribution is -2.50. The second kappa shape index (κ2) is 8.28. The van der Waals surface area contributed by atoms with Crippen molar-refractivity contribution in [3.8, 4) is 0 Å². The summed E-state index contributed by atoms with van der Waals surface area (Å²) in [6.45, 7) is 3.24. The van der Waals surface area contributed by atoms with E-state index in [-0.39, 0.29) is 0 Å². The van der Waals surface area contributed by atoms with Crippen molar-refractivity contribution in [2.75, 3.05) is 0 Å². The first-order valence-corrected chi connectivity index (χ1v) is 8.91. The molecule has 2 aromatic rings. The Morgan fingerprint density at radius 3 is 2.17 bits per heavy atom. The van der Waals surface area contributed by atoms with E-state index in [4.69, 9.17) is 0 Å². The smallest absolute Gasteiger partial charge is 0.0295 e. The fourth-order valence-corrected chi connectivity index (χ4v) is 3.58. The molecule has 0 saturated heterocycles. The Bertz CT molecular complexity index is 567. The van der Waals surface area contributed by atoms with Gasteiger partial charge in [0.05, 0.1) is 0 Å². The third-order valence-electron chi connectivity index (χ3n) is 4.94. The molecule has 0 radical (unpaired) electrons. The maximum atomic E-state index is 3.86. The largest absolute Gasteiger partial charge is 0.308 e. The summed E-state index contributed by atoms with van der Waals surface area (Å²) in [7, 11) is 0. The minimum absolute atomic E-state index is 0.403. The third kappa shape index (κ3) is 4.66. The Hall–Kier alpha value is -1.64. The van der Waals surface area contributed by atoms with Crippen molar-refractivity contribution in [2.24, 2.45) is 0 Å². The highest BCUT2D eigenvalue weighted by Crippen LogP contribution is 2.22. The molecule has 122 valence electrons. The van der Waals surface area contributed by atoms with Crippen LogP contribution >= 0.6 is 0 Å². The lowest BCUT2D eigenvalue weighted by Gasteiger charge is -2.35. The molecule has 0 heterocycles. The van der Waals surface area contributed by atoms with E-state index in [9.17, 15) is 0 Å². The van der Waals surface area contributed by atoms with E-state index >= 15 is 0 Å². The Morgan fingerprint density at radius 1 is 0.870 bits per heavy atom. The molecule has 23 heavy (non-hydrogen) atoms. The zero-order chi connectivity index (χ0) is 15.9. The van der Waals surface area contributed by atoms with Crippen LogP contribution in [0.15, 0.2) is 60.7 Å². The highest BCUT2D eigenvalue weighted by molar-refractivity contribution is 5.18. The Morgan fingerprint density at radius 2 is 1.48 bits per heavy atom. The van der Waals surface area contributed by atoms with Gasteiger partial charge in [0.15, 0.2) is 0 Å². The van der Waals surface area contributed by atoms with E-state index in [2.05, 4.69) is 78.2 Å². The molecule has 1 fully saturated rings. The normalized spacial score (nSPS) is 22.7. The fourth-order valence-electron chi connectivity index (χ4n) is 3.58. The molecular weight excluding hydrogens is 280 g/mol. The number of hydrogen-bond acceptors (Lipinski definition) is 2. The molecule has 2 aromatic carbocycles. The standard InChI is InChI=1S/C21H28N2/c1-17(19-12-6-3-7-13-19)23-21-15-9-8-14-20(21)22-16-18-10-4-2-5-11-18/h2-7,10-13,17,20-23H,8-9,14-16H2,1H3/t17-,20-,21-/m0/s1. The van der Waals surface area contributed by atoms with Crippen molar-refractivity contribution >= 4 is 0 Å². The van der Waals surface area contributed by atoms with Crippen molar-refractivity contribution in [1.29, 1.82) is 0 Å². The fraction of sp³-hybridized carbons (Fsp3) is 0.429. The minimum atomic E-state index is 0.403. The van der Waals surface area contributed by atoms with Gasteiger partial charge in [-0.2, -0.15) is 0 Å². The Balaban J connectivity index is 1.58. The summed E-state index contributed by atoms with van der Waals surface area (Å²) in [5, 5.41) is 7.64. The number of rotatable bonds is 6. The van der Waals surface area contributed by atoms with E-state index < -0.39 is 0 Å². The SMILES string of the molecule is C[C@H](N[C@H]1CCCC[C@@H]1NCc1ccccc1)c1ccccc1. The van der Waals surface area contributed by atoms with Crippen LogP contribution in [-0.2, 0) is 6.54 Å². The topological polar surface area (TPSA) is 24.1 Å². The summed E-state index contributed by atoms with van der Waals surface area (Å²) in [6, 6.07) is 23.0. The van der Waals surface area contributed by atoms with E-state index in [0.29, 0.717) is 18.1 Å². The van der Waals surface area contributed by atoms with Gasteiger partial charge < -0.3 is 10.6 Å². The second-order valence-corrected chi connectivity index (χ2v) is 6.66. The van der Waals surface area contributed by atoms with Crippen molar-refractivity contribution in [2.45, 2.75) is 57.3 Å². The van der Waals surface area contributed by atoms with Crippen LogP contribution in [0.5, 0.6) is 0 Å². The van der Waals surface area contributed by atoms with Gasteiger partial charge in [0.25, 0.3) is 0 Å². The van der Waals surface area contributed by atoms with Gasteiger partial charge in [0, 0.05) is 24.7 Å². The van der Waals surface area contributed by atoms with Gasteiger partial charge in [0.1, 0.15) is 0 Å². The molecule has 0 bridgehead atoms. The van der Waals surface area contributed by atoms with Crippen LogP contribution in [-0.4, -0.2) is 12.1 Å². The highest BCUT2D eigenvalue weighted by atomic mass is 15.0. The average Bonchev–Trinajstić information content (AvgIpc) is 2.62. The van der Waals surface area contributed by atoms with Crippen LogP contribution in [0.4, 0.5) is 0 Å². The van der Waals surface area contributed by atoms with Crippen molar-refractivity contribution in [3.05, 3.63) is 71.8 Å². The van der Waals surface area contributed by atoms with Crippen LogP contribution in [0.3, 0.4) is 0 Å². The zero-order valence-corrected chi connectivity index (χ0v) is 14.0. The summed E-state index contributed by atoms with van der Waals surface area (Å²) < 4.78 is 0. The minimum Gasteiger partial charge on any atom is -0.308 e. The predicted octanol–water partition coefficient (Wildman–Crippen LogP) is 4.44. The third-order valence-corrected chi connectivity index (χ3v) is 4.94. The van der Waals surface area contributed by atoms with Crippen LogP contribution in [0.25, 0.3) is 0 Å². The maximum Gasteiger partial charge on any atom is 0.0295 e. The average molecular weight is 308 g/mol. The summed E-state index contributed by atoms with van der Waals surface area (Å²) in [6.07, 6.45) is 5.21. The maximum absolute atomic E-state index is 3.86. The van der Waals surface area contributed by atoms with Crippen molar-refractivity contribution < 1.29 is 0 Å². The molecule has 2 N–H and O–H groups in total. The first kappa shape index (κ1) is 16.2. The van der Waals surface area contributed by atoms with Gasteiger partial charge in [-0.3, -0.25) is 0 Å². The second-order valence-electron chi connectivity index (χ2n) is 6.66. The molecular formula is C21H28N2. The van der Waals surface area contributed by atoms with Gasteiger partial charge in [0.2, 0.25) is 0 Å². The van der Waals surface area contributed by atoms with Crippen molar-refractivity contribution in [1.82, 2.24) is 10.6 Å². The molecule has 2 heteroatoms. The molecule has 3 atom stereocenters. The first-order chi connectivity index (χ1) is 11.3. The molecule has 1 saturated carbocycles. The Labute approximate surface area is 140 Å². The molecule has 1 aliphatic carbocycles. The first-order valence-electron chi connectivity index (χ1n) is 8.91. The Kier molecular flexibility index (Phi) is 5.84. The van der Waals surface area contributed by atoms with Crippen LogP contribution in [0, 0.1) is 0 Å². The number of hydrogen-bond donors (Lipinski definition) is 2. The molecule has 0 aliphatic heterocycles. The molecule has 2 nitrogen and oxygen atoms in total. The summed E-state index contributed by atoms with van der Waals surface area (Å²) in [4.78, 5) is 0. The summed E-state index contributed by atoms with van der Waals surface area (Å²) in [5.74, 6) is 0. The highest BCUT2D eigenvalue weighted by Gasteiger charge is 2.25. The number of benzene rings is 2. The van der Waals surface area contributed by atoms with E-state index in [1.165, 1.54) is 36.8 Å². The van der Waals surface area contributed by atoms with Crippen LogP contribution < -0.4 is 10.6 Å². The van der Waals surface area contributed by atoms with Crippen LogP contribution in [0.1, 0.15) is 49.8 Å². The van der Waals surface area contributed by atoms with Gasteiger partial charge in [-0.15, -0.1) is 0 Å². The summed E-state index contributed by atoms with van der Waals surface area (Å²) in [5.41, 5.74) is 2.74. The monoisotopic (exact) mass is 308 g/mol. The lowest BCUT2D eigenvalue weighted by molar-refractivity contribution is 0.266. The van der Waals surface area contributed by atoms with Gasteiger partial charge >= 0.3 is 0 Å². The van der Waals surface area contributed by atoms with Gasteiger partial charge in [-0.1, -0.05) is 73.5 Å². The quantitative estimate of drug-likeness (QED) is 0.824. The van der Waals surface area contributed by atoms with E-state index in [1.807, 2.05) is 0 Å². The van der Waals surface area contributed by atoms with Gasteiger partial charge in [-0.05, 0) is 30.9 Å². The molecule has 1 aliphatic rings. The predicted molar refractivity (Wildman–Crippen MR) is 97.3 cm³/mol. The number of nitrogens with one attached hydrogen (secondary N) is 2. The molecule has 0 amide bonds. The molecule has 0 spiro atoms. The molecule has 3 rings (SSSR count). The van der Waals surface area contributed by atoms with E-state index in [0.717, 1.165) is 6.54 Å². The lowest BCUT2D eigenvalue weighted by atomic mass is 9.89.